The molecule has 1 aliphatic heterocycles. The molecule has 0 unspecified atom stereocenters. The van der Waals surface area contributed by atoms with E-state index in [0.717, 1.165) is 30.6 Å². The van der Waals surface area contributed by atoms with Crippen LogP contribution in [0.4, 0.5) is 0 Å². The van der Waals surface area contributed by atoms with Gasteiger partial charge in [0.25, 0.3) is 0 Å². The number of carbonyl (C=O) groups is 1. The van der Waals surface area contributed by atoms with Crippen LogP contribution < -0.4 is 5.32 Å². The first-order valence-corrected chi connectivity index (χ1v) is 6.50. The molecule has 1 N–H and O–H groups in total. The van der Waals surface area contributed by atoms with Crippen LogP contribution in [-0.2, 0) is 9.53 Å². The van der Waals surface area contributed by atoms with Crippen molar-refractivity contribution in [2.75, 3.05) is 13.2 Å². The van der Waals surface area contributed by atoms with Gasteiger partial charge in [-0.25, -0.2) is 4.79 Å². The highest BCUT2D eigenvalue weighted by molar-refractivity contribution is 6.31. The largest absolute Gasteiger partial charge is 0.456 e. The van der Waals surface area contributed by atoms with Crippen LogP contribution in [0.5, 0.6) is 0 Å². The van der Waals surface area contributed by atoms with Gasteiger partial charge >= 0.3 is 5.97 Å². The van der Waals surface area contributed by atoms with Crippen LogP contribution in [0, 0.1) is 0 Å². The predicted octanol–water partition coefficient (Wildman–Crippen LogP) is 3.00. The molecule has 0 spiro atoms. The highest BCUT2D eigenvalue weighted by Crippen LogP contribution is 2.26. The van der Waals surface area contributed by atoms with Crippen molar-refractivity contribution in [2.24, 2.45) is 0 Å². The first-order valence-electron chi connectivity index (χ1n) is 6.12. The van der Waals surface area contributed by atoms with E-state index in [9.17, 15) is 4.79 Å². The molecule has 1 aliphatic rings. The van der Waals surface area contributed by atoms with E-state index >= 15 is 0 Å². The summed E-state index contributed by atoms with van der Waals surface area (Å²) < 4.78 is 5.08. The molecular weight excluding hydrogens is 250 g/mol. The van der Waals surface area contributed by atoms with E-state index in [-0.39, 0.29) is 5.97 Å². The average molecular weight is 266 g/mol. The van der Waals surface area contributed by atoms with E-state index in [4.69, 9.17) is 16.3 Å². The van der Waals surface area contributed by atoms with Gasteiger partial charge in [0.1, 0.15) is 6.61 Å². The third-order valence-electron chi connectivity index (χ3n) is 2.84. The number of ether oxygens (including phenoxy) is 1. The minimum atomic E-state index is -0.281. The molecule has 0 bridgehead atoms. The Morgan fingerprint density at radius 1 is 1.44 bits per heavy atom. The molecule has 1 aromatic rings. The van der Waals surface area contributed by atoms with Gasteiger partial charge in [-0.1, -0.05) is 37.1 Å². The molecular formula is C14H16ClNO2. The number of benzene rings is 1. The highest BCUT2D eigenvalue weighted by Gasteiger charge is 2.26. The lowest BCUT2D eigenvalue weighted by molar-refractivity contribution is -0.134. The second-order valence-electron chi connectivity index (χ2n) is 4.22. The molecule has 0 fully saturated rings. The summed E-state index contributed by atoms with van der Waals surface area (Å²) in [6.07, 6.45) is 2.18. The maximum Gasteiger partial charge on any atom is 0.341 e. The van der Waals surface area contributed by atoms with E-state index in [1.807, 2.05) is 12.1 Å². The van der Waals surface area contributed by atoms with Gasteiger partial charge in [0.15, 0.2) is 0 Å². The van der Waals surface area contributed by atoms with Gasteiger partial charge in [-0.15, -0.1) is 0 Å². The van der Waals surface area contributed by atoms with Crippen molar-refractivity contribution in [1.29, 1.82) is 0 Å². The minimum Gasteiger partial charge on any atom is -0.456 e. The Morgan fingerprint density at radius 3 is 3.00 bits per heavy atom. The van der Waals surface area contributed by atoms with Crippen LogP contribution in [0.3, 0.4) is 0 Å². The molecule has 0 aliphatic carbocycles. The van der Waals surface area contributed by atoms with Gasteiger partial charge in [0, 0.05) is 11.6 Å². The Kier molecular flexibility index (Phi) is 4.26. The van der Waals surface area contributed by atoms with Crippen molar-refractivity contribution < 1.29 is 9.53 Å². The van der Waals surface area contributed by atoms with Crippen molar-refractivity contribution in [3.05, 3.63) is 40.5 Å². The fourth-order valence-corrected chi connectivity index (χ4v) is 2.09. The Labute approximate surface area is 112 Å². The smallest absolute Gasteiger partial charge is 0.341 e. The van der Waals surface area contributed by atoms with E-state index in [1.54, 1.807) is 12.1 Å². The van der Waals surface area contributed by atoms with Gasteiger partial charge in [-0.05, 0) is 24.1 Å². The van der Waals surface area contributed by atoms with Crippen molar-refractivity contribution in [3.8, 4) is 0 Å². The molecule has 4 heteroatoms. The van der Waals surface area contributed by atoms with Gasteiger partial charge in [0.05, 0.1) is 11.3 Å². The van der Waals surface area contributed by atoms with Crippen LogP contribution in [0.25, 0.3) is 5.57 Å². The summed E-state index contributed by atoms with van der Waals surface area (Å²) >= 11 is 5.95. The number of esters is 1. The zero-order chi connectivity index (χ0) is 13.0. The predicted molar refractivity (Wildman–Crippen MR) is 72.2 cm³/mol. The average Bonchev–Trinajstić information content (AvgIpc) is 2.71. The van der Waals surface area contributed by atoms with Gasteiger partial charge in [0.2, 0.25) is 0 Å². The number of hydrogen-bond donors (Lipinski definition) is 1. The van der Waals surface area contributed by atoms with Gasteiger partial charge in [-0.3, -0.25) is 0 Å². The summed E-state index contributed by atoms with van der Waals surface area (Å²) in [6.45, 7) is 3.31. The molecule has 0 radical (unpaired) electrons. The maximum atomic E-state index is 11.8. The molecule has 1 aromatic carbocycles. The number of carbonyl (C=O) groups excluding carboxylic acids is 1. The summed E-state index contributed by atoms with van der Waals surface area (Å²) in [5.41, 5.74) is 2.27. The van der Waals surface area contributed by atoms with Crippen LogP contribution >= 0.6 is 11.6 Å². The number of cyclic esters (lactones) is 1. The fraction of sp³-hybridized carbons (Fsp3) is 0.357. The quantitative estimate of drug-likeness (QED) is 0.657. The first kappa shape index (κ1) is 13.0. The number of nitrogens with one attached hydrogen (secondary N) is 1. The normalized spacial score (nSPS) is 14.9. The number of unbranched alkanes of at least 4 members (excludes halogenated alkanes) is 1. The topological polar surface area (TPSA) is 38.3 Å². The Hall–Kier alpha value is -1.48. The SMILES string of the molecule is CCCCNC1=C(c2cccc(Cl)c2)C(=O)OC1. The lowest BCUT2D eigenvalue weighted by Gasteiger charge is -2.07. The highest BCUT2D eigenvalue weighted by atomic mass is 35.5. The molecule has 18 heavy (non-hydrogen) atoms. The molecule has 0 atom stereocenters. The standard InChI is InChI=1S/C14H16ClNO2/c1-2-3-7-16-12-9-18-14(17)13(12)10-5-4-6-11(15)8-10/h4-6,8,16H,2-3,7,9H2,1H3. The van der Waals surface area contributed by atoms with E-state index in [2.05, 4.69) is 12.2 Å². The Balaban J connectivity index is 2.25. The number of rotatable bonds is 5. The summed E-state index contributed by atoms with van der Waals surface area (Å²) in [6, 6.07) is 7.27. The zero-order valence-electron chi connectivity index (χ0n) is 10.3. The molecule has 0 aromatic heterocycles. The number of halogens is 1. The molecule has 2 rings (SSSR count). The summed E-state index contributed by atoms with van der Waals surface area (Å²) in [4.78, 5) is 11.8. The van der Waals surface area contributed by atoms with Crippen LogP contribution in [0.15, 0.2) is 30.0 Å². The summed E-state index contributed by atoms with van der Waals surface area (Å²) in [5, 5.41) is 3.89. The molecule has 1 heterocycles. The van der Waals surface area contributed by atoms with E-state index in [0.29, 0.717) is 17.2 Å². The molecule has 0 amide bonds. The van der Waals surface area contributed by atoms with Crippen molar-refractivity contribution in [2.45, 2.75) is 19.8 Å². The minimum absolute atomic E-state index is 0.281. The zero-order valence-corrected chi connectivity index (χ0v) is 11.1. The molecule has 3 nitrogen and oxygen atoms in total. The van der Waals surface area contributed by atoms with E-state index in [1.165, 1.54) is 0 Å². The van der Waals surface area contributed by atoms with Crippen molar-refractivity contribution in [1.82, 2.24) is 5.32 Å². The van der Waals surface area contributed by atoms with Crippen molar-refractivity contribution in [3.63, 3.8) is 0 Å². The van der Waals surface area contributed by atoms with Crippen LogP contribution in [0.2, 0.25) is 5.02 Å². The Morgan fingerprint density at radius 2 is 2.28 bits per heavy atom. The maximum absolute atomic E-state index is 11.8. The summed E-state index contributed by atoms with van der Waals surface area (Å²) in [5.74, 6) is -0.281. The second kappa shape index (κ2) is 5.91. The van der Waals surface area contributed by atoms with Crippen LogP contribution in [-0.4, -0.2) is 19.1 Å². The summed E-state index contributed by atoms with van der Waals surface area (Å²) in [7, 11) is 0. The molecule has 0 saturated carbocycles. The molecule has 0 saturated heterocycles. The second-order valence-corrected chi connectivity index (χ2v) is 4.66. The van der Waals surface area contributed by atoms with E-state index < -0.39 is 0 Å². The third-order valence-corrected chi connectivity index (χ3v) is 3.07. The lowest BCUT2D eigenvalue weighted by Crippen LogP contribution is -2.16. The molecule has 96 valence electrons. The third kappa shape index (κ3) is 2.85. The van der Waals surface area contributed by atoms with Crippen LogP contribution in [0.1, 0.15) is 25.3 Å². The van der Waals surface area contributed by atoms with Gasteiger partial charge < -0.3 is 10.1 Å². The van der Waals surface area contributed by atoms with Gasteiger partial charge in [-0.2, -0.15) is 0 Å². The lowest BCUT2D eigenvalue weighted by atomic mass is 10.1. The van der Waals surface area contributed by atoms with Crippen molar-refractivity contribution >= 4 is 23.1 Å². The first-order chi connectivity index (χ1) is 8.72. The monoisotopic (exact) mass is 265 g/mol. The fourth-order valence-electron chi connectivity index (χ4n) is 1.90. The Bertz CT molecular complexity index is 482. The number of hydrogen-bond acceptors (Lipinski definition) is 3.